The van der Waals surface area contributed by atoms with Crippen LogP contribution in [0, 0.1) is 29.1 Å². The van der Waals surface area contributed by atoms with Crippen LogP contribution >= 0.6 is 0 Å². The molecule has 32 heavy (non-hydrogen) atoms. The molecule has 4 aliphatic rings. The van der Waals surface area contributed by atoms with Crippen LogP contribution in [0.3, 0.4) is 0 Å². The monoisotopic (exact) mass is 459 g/mol. The molecule has 3 N–H and O–H groups in total. The minimum atomic E-state index is -3.92. The fourth-order valence-corrected chi connectivity index (χ4v) is 8.02. The van der Waals surface area contributed by atoms with Crippen molar-refractivity contribution in [3.8, 4) is 0 Å². The second-order valence-electron chi connectivity index (χ2n) is 10.6. The summed E-state index contributed by atoms with van der Waals surface area (Å²) in [5, 5.41) is 15.9. The van der Waals surface area contributed by atoms with Crippen LogP contribution in [0.2, 0.25) is 0 Å². The average molecular weight is 460 g/mol. The molecule has 3 saturated carbocycles. The van der Waals surface area contributed by atoms with E-state index in [1.165, 1.54) is 56.4 Å². The minimum Gasteiger partial charge on any atom is -0.425 e. The molecule has 5 rings (SSSR count). The van der Waals surface area contributed by atoms with E-state index in [1.807, 2.05) is 0 Å². The Morgan fingerprint density at radius 2 is 1.94 bits per heavy atom. The van der Waals surface area contributed by atoms with E-state index < -0.39 is 22.1 Å². The number of hydrogen-bond acceptors (Lipinski definition) is 5. The van der Waals surface area contributed by atoms with Crippen LogP contribution in [0.5, 0.6) is 0 Å². The molecule has 174 valence electrons. The first-order valence-corrected chi connectivity index (χ1v) is 13.5. The minimum absolute atomic E-state index is 0.118. The molecule has 5 unspecified atom stereocenters. The third-order valence-corrected chi connectivity index (χ3v) is 9.87. The van der Waals surface area contributed by atoms with Gasteiger partial charge in [0.1, 0.15) is 11.9 Å². The van der Waals surface area contributed by atoms with Crippen molar-refractivity contribution in [3.63, 3.8) is 0 Å². The molecule has 0 heterocycles. The predicted octanol–water partition coefficient (Wildman–Crippen LogP) is 4.14. The van der Waals surface area contributed by atoms with Crippen LogP contribution in [-0.2, 0) is 14.8 Å². The maximum atomic E-state index is 12.9. The van der Waals surface area contributed by atoms with Gasteiger partial charge in [-0.25, -0.2) is 18.4 Å². The number of aliphatic hydroxyl groups is 1. The van der Waals surface area contributed by atoms with Crippen LogP contribution < -0.4 is 5.14 Å². The maximum absolute atomic E-state index is 12.9. The summed E-state index contributed by atoms with van der Waals surface area (Å²) < 4.78 is 29.1. The fourth-order valence-electron chi connectivity index (χ4n) is 7.46. The van der Waals surface area contributed by atoms with Gasteiger partial charge in [-0.3, -0.25) is 0 Å². The number of esters is 1. The molecular weight excluding hydrogens is 426 g/mol. The predicted molar refractivity (Wildman–Crippen MR) is 120 cm³/mol. The Kier molecular flexibility index (Phi) is 5.50. The number of nitrogens with two attached hydrogens (primary N) is 1. The van der Waals surface area contributed by atoms with Gasteiger partial charge in [0.15, 0.2) is 0 Å². The summed E-state index contributed by atoms with van der Waals surface area (Å²) in [6, 6.07) is 5.56. The van der Waals surface area contributed by atoms with Crippen molar-refractivity contribution in [2.24, 2.45) is 34.2 Å². The Balaban J connectivity index is 1.41. The highest BCUT2D eigenvalue weighted by atomic mass is 32.2. The van der Waals surface area contributed by atoms with Crippen molar-refractivity contribution < 1.29 is 23.1 Å². The average Bonchev–Trinajstić information content (AvgIpc) is 3.16. The number of carbonyl (C=O) groups excluding carboxylic acids is 1. The molecule has 0 aromatic heterocycles. The number of rotatable bonds is 3. The molecule has 0 amide bonds. The molecule has 7 heteroatoms. The number of ether oxygens (including phenoxy) is 1. The first kappa shape index (κ1) is 22.1. The zero-order chi connectivity index (χ0) is 22.7. The first-order chi connectivity index (χ1) is 15.2. The van der Waals surface area contributed by atoms with Crippen molar-refractivity contribution in [3.05, 3.63) is 41.2 Å². The number of benzene rings is 1. The lowest BCUT2D eigenvalue weighted by Gasteiger charge is -2.53. The highest BCUT2D eigenvalue weighted by Gasteiger charge is 2.53. The van der Waals surface area contributed by atoms with Crippen LogP contribution in [0.1, 0.15) is 75.1 Å². The molecule has 0 saturated heterocycles. The standard InChI is InChI=1S/C25H33NO5S/c1-25-12-3-6-21(25)19-7-8-20-17(18(19)11-13-25)9-10-22(27)23(20)31-24(28)15-4-2-5-16(14-15)32(26,29)30/h2,4-5,14,17-19,21-22,27H,3,6-13H2,1H3,(H2,26,29,30)/t17?,18?,19?,21?,22?,25-/m0/s1. The number of allylic oxidation sites excluding steroid dienone is 1. The molecule has 6 nitrogen and oxygen atoms in total. The Labute approximate surface area is 190 Å². The molecular formula is C25H33NO5S. The summed E-state index contributed by atoms with van der Waals surface area (Å²) in [5.74, 6) is 2.30. The lowest BCUT2D eigenvalue weighted by molar-refractivity contribution is -0.0139. The lowest BCUT2D eigenvalue weighted by Crippen LogP contribution is -2.45. The van der Waals surface area contributed by atoms with E-state index in [9.17, 15) is 18.3 Å². The van der Waals surface area contributed by atoms with Gasteiger partial charge in [0.05, 0.1) is 10.5 Å². The molecule has 3 fully saturated rings. The zero-order valence-electron chi connectivity index (χ0n) is 18.6. The van der Waals surface area contributed by atoms with Crippen LogP contribution in [-0.4, -0.2) is 25.6 Å². The number of primary sulfonamides is 1. The molecule has 0 spiro atoms. The molecule has 0 aliphatic heterocycles. The lowest BCUT2D eigenvalue weighted by atomic mass is 9.52. The Hall–Kier alpha value is -1.70. The number of sulfonamides is 1. The normalized spacial score (nSPS) is 36.8. The van der Waals surface area contributed by atoms with Crippen molar-refractivity contribution in [2.45, 2.75) is 75.7 Å². The molecule has 1 aromatic carbocycles. The van der Waals surface area contributed by atoms with Crippen molar-refractivity contribution in [2.75, 3.05) is 0 Å². The quantitative estimate of drug-likeness (QED) is 0.661. The summed E-state index contributed by atoms with van der Waals surface area (Å²) in [4.78, 5) is 12.8. The highest BCUT2D eigenvalue weighted by molar-refractivity contribution is 7.89. The number of aliphatic hydroxyl groups excluding tert-OH is 1. The molecule has 1 aromatic rings. The van der Waals surface area contributed by atoms with Gasteiger partial charge in [-0.05, 0) is 104 Å². The van der Waals surface area contributed by atoms with Crippen LogP contribution in [0.4, 0.5) is 0 Å². The zero-order valence-corrected chi connectivity index (χ0v) is 19.4. The van der Waals surface area contributed by atoms with E-state index in [0.29, 0.717) is 29.4 Å². The van der Waals surface area contributed by atoms with E-state index in [2.05, 4.69) is 6.92 Å². The third kappa shape index (κ3) is 3.72. The Morgan fingerprint density at radius 3 is 2.72 bits per heavy atom. The van der Waals surface area contributed by atoms with Gasteiger partial charge in [-0.1, -0.05) is 19.4 Å². The molecule has 0 bridgehead atoms. The van der Waals surface area contributed by atoms with Gasteiger partial charge in [-0.2, -0.15) is 0 Å². The summed E-state index contributed by atoms with van der Waals surface area (Å²) in [6.45, 7) is 2.49. The van der Waals surface area contributed by atoms with Crippen molar-refractivity contribution in [1.29, 1.82) is 0 Å². The summed E-state index contributed by atoms with van der Waals surface area (Å²) >= 11 is 0. The fraction of sp³-hybridized carbons (Fsp3) is 0.640. The first-order valence-electron chi connectivity index (χ1n) is 11.9. The van der Waals surface area contributed by atoms with Crippen molar-refractivity contribution in [1.82, 2.24) is 0 Å². The SMILES string of the molecule is C[C@@]12CCCC1C1CCC3=C(OC(=O)c4cccc(S(N)(=O)=O)c4)C(O)CCC3C1CC2. The van der Waals surface area contributed by atoms with Gasteiger partial charge in [0.25, 0.3) is 0 Å². The third-order valence-electron chi connectivity index (χ3n) is 8.96. The number of carbonyl (C=O) groups is 1. The van der Waals surface area contributed by atoms with E-state index >= 15 is 0 Å². The van der Waals surface area contributed by atoms with Gasteiger partial charge >= 0.3 is 5.97 Å². The summed E-state index contributed by atoms with van der Waals surface area (Å²) in [7, 11) is -3.92. The summed E-state index contributed by atoms with van der Waals surface area (Å²) in [6.07, 6.45) is 9.27. The van der Waals surface area contributed by atoms with Crippen LogP contribution in [0.25, 0.3) is 0 Å². The second kappa shape index (κ2) is 7.96. The maximum Gasteiger partial charge on any atom is 0.343 e. The van der Waals surface area contributed by atoms with Gasteiger partial charge < -0.3 is 9.84 Å². The Morgan fingerprint density at radius 1 is 1.12 bits per heavy atom. The van der Waals surface area contributed by atoms with E-state index in [0.717, 1.165) is 36.7 Å². The Bertz CT molecular complexity index is 1060. The van der Waals surface area contributed by atoms with Crippen LogP contribution in [0.15, 0.2) is 40.5 Å². The van der Waals surface area contributed by atoms with E-state index in [4.69, 9.17) is 9.88 Å². The second-order valence-corrected chi connectivity index (χ2v) is 12.2. The molecule has 4 aliphatic carbocycles. The summed E-state index contributed by atoms with van der Waals surface area (Å²) in [5.41, 5.74) is 1.73. The molecule has 6 atom stereocenters. The van der Waals surface area contributed by atoms with E-state index in [-0.39, 0.29) is 10.5 Å². The van der Waals surface area contributed by atoms with E-state index in [1.54, 1.807) is 0 Å². The van der Waals surface area contributed by atoms with Gasteiger partial charge in [-0.15, -0.1) is 0 Å². The number of hydrogen-bond donors (Lipinski definition) is 2. The van der Waals surface area contributed by atoms with Crippen molar-refractivity contribution >= 4 is 16.0 Å². The topological polar surface area (TPSA) is 107 Å². The highest BCUT2D eigenvalue weighted by Crippen LogP contribution is 2.62. The van der Waals surface area contributed by atoms with Gasteiger partial charge in [0.2, 0.25) is 10.0 Å². The number of fused-ring (bicyclic) bond motifs is 5. The molecule has 0 radical (unpaired) electrons. The van der Waals surface area contributed by atoms with Gasteiger partial charge in [0, 0.05) is 0 Å². The smallest absolute Gasteiger partial charge is 0.343 e. The largest absolute Gasteiger partial charge is 0.425 e.